The second-order valence-corrected chi connectivity index (χ2v) is 7.55. The fraction of sp³-hybridized carbons (Fsp3) is 0.500. The van der Waals surface area contributed by atoms with E-state index in [9.17, 15) is 0 Å². The van der Waals surface area contributed by atoms with Crippen LogP contribution in [0.3, 0.4) is 0 Å². The lowest BCUT2D eigenvalue weighted by Crippen LogP contribution is -2.39. The van der Waals surface area contributed by atoms with Crippen molar-refractivity contribution in [2.24, 2.45) is 0 Å². The van der Waals surface area contributed by atoms with Gasteiger partial charge in [-0.05, 0) is 55.9 Å². The van der Waals surface area contributed by atoms with Gasteiger partial charge in [-0.1, -0.05) is 19.4 Å². The predicted octanol–water partition coefficient (Wildman–Crippen LogP) is 3.53. The molecule has 6 nitrogen and oxygen atoms in total. The monoisotopic (exact) mass is 356 g/mol. The van der Waals surface area contributed by atoms with Crippen LogP contribution in [0.15, 0.2) is 29.6 Å². The SMILES string of the molecule is CCC(CN1CCCCC1)Nc1ccc2nnc(-c3cccs3)n2n1. The van der Waals surface area contributed by atoms with Crippen LogP contribution < -0.4 is 5.32 Å². The number of aromatic nitrogens is 4. The van der Waals surface area contributed by atoms with Gasteiger partial charge < -0.3 is 10.2 Å². The van der Waals surface area contributed by atoms with E-state index in [0.717, 1.165) is 35.1 Å². The minimum Gasteiger partial charge on any atom is -0.365 e. The second kappa shape index (κ2) is 7.49. The molecule has 1 saturated heterocycles. The summed E-state index contributed by atoms with van der Waals surface area (Å²) in [5.74, 6) is 1.69. The van der Waals surface area contributed by atoms with Crippen molar-refractivity contribution < 1.29 is 0 Å². The van der Waals surface area contributed by atoms with Crippen molar-refractivity contribution in [1.82, 2.24) is 24.7 Å². The third-order valence-corrected chi connectivity index (χ3v) is 5.64. The Balaban J connectivity index is 1.53. The molecule has 1 atom stereocenters. The highest BCUT2D eigenvalue weighted by Crippen LogP contribution is 2.23. The highest BCUT2D eigenvalue weighted by atomic mass is 32.1. The minimum absolute atomic E-state index is 0.407. The van der Waals surface area contributed by atoms with E-state index in [-0.39, 0.29) is 0 Å². The van der Waals surface area contributed by atoms with Crippen LogP contribution >= 0.6 is 11.3 Å². The van der Waals surface area contributed by atoms with Crippen LogP contribution in [-0.2, 0) is 0 Å². The molecule has 25 heavy (non-hydrogen) atoms. The molecule has 132 valence electrons. The molecule has 4 rings (SSSR count). The van der Waals surface area contributed by atoms with E-state index in [1.54, 1.807) is 11.3 Å². The van der Waals surface area contributed by atoms with Gasteiger partial charge in [0, 0.05) is 12.6 Å². The lowest BCUT2D eigenvalue weighted by atomic mass is 10.1. The molecule has 7 heteroatoms. The first-order valence-corrected chi connectivity index (χ1v) is 9.96. The summed E-state index contributed by atoms with van der Waals surface area (Å²) in [4.78, 5) is 3.65. The molecule has 1 N–H and O–H groups in total. The number of fused-ring (bicyclic) bond motifs is 1. The summed E-state index contributed by atoms with van der Waals surface area (Å²) >= 11 is 1.65. The van der Waals surface area contributed by atoms with E-state index in [4.69, 9.17) is 5.10 Å². The molecule has 1 unspecified atom stereocenters. The number of hydrogen-bond acceptors (Lipinski definition) is 6. The molecule has 0 amide bonds. The molecular weight excluding hydrogens is 332 g/mol. The van der Waals surface area contributed by atoms with Crippen molar-refractivity contribution in [3.63, 3.8) is 0 Å². The zero-order valence-corrected chi connectivity index (χ0v) is 15.4. The zero-order valence-electron chi connectivity index (χ0n) is 14.6. The maximum Gasteiger partial charge on any atom is 0.195 e. The van der Waals surface area contributed by atoms with Crippen LogP contribution in [0, 0.1) is 0 Å². The van der Waals surface area contributed by atoms with Gasteiger partial charge in [0.2, 0.25) is 0 Å². The molecular formula is C18H24N6S. The first-order valence-electron chi connectivity index (χ1n) is 9.08. The Labute approximate surface area is 151 Å². The van der Waals surface area contributed by atoms with Crippen LogP contribution in [-0.4, -0.2) is 50.4 Å². The van der Waals surface area contributed by atoms with Crippen molar-refractivity contribution in [2.45, 2.75) is 38.6 Å². The van der Waals surface area contributed by atoms with E-state index in [0.29, 0.717) is 6.04 Å². The number of piperidine rings is 1. The van der Waals surface area contributed by atoms with Gasteiger partial charge in [0.25, 0.3) is 0 Å². The van der Waals surface area contributed by atoms with Crippen molar-refractivity contribution in [3.8, 4) is 10.7 Å². The molecule has 0 saturated carbocycles. The van der Waals surface area contributed by atoms with E-state index in [2.05, 4.69) is 27.3 Å². The number of nitrogens with one attached hydrogen (secondary N) is 1. The molecule has 0 radical (unpaired) electrons. The van der Waals surface area contributed by atoms with E-state index in [1.165, 1.54) is 32.4 Å². The van der Waals surface area contributed by atoms with E-state index < -0.39 is 0 Å². The number of anilines is 1. The summed E-state index contributed by atoms with van der Waals surface area (Å²) in [5, 5.41) is 18.9. The lowest BCUT2D eigenvalue weighted by molar-refractivity contribution is 0.218. The fourth-order valence-corrected chi connectivity index (χ4v) is 4.06. The molecule has 0 spiro atoms. The topological polar surface area (TPSA) is 58.3 Å². The van der Waals surface area contributed by atoms with Gasteiger partial charge in [-0.15, -0.1) is 26.6 Å². The molecule has 0 aliphatic carbocycles. The predicted molar refractivity (Wildman–Crippen MR) is 102 cm³/mol. The summed E-state index contributed by atoms with van der Waals surface area (Å²) in [6.45, 7) is 5.75. The minimum atomic E-state index is 0.407. The number of rotatable bonds is 6. The van der Waals surface area contributed by atoms with Gasteiger partial charge in [-0.25, -0.2) is 0 Å². The third-order valence-electron chi connectivity index (χ3n) is 4.78. The Kier molecular flexibility index (Phi) is 4.94. The van der Waals surface area contributed by atoms with Crippen LogP contribution in [0.25, 0.3) is 16.3 Å². The van der Waals surface area contributed by atoms with E-state index >= 15 is 0 Å². The summed E-state index contributed by atoms with van der Waals surface area (Å²) < 4.78 is 1.84. The Bertz CT molecular complexity index is 806. The van der Waals surface area contributed by atoms with Gasteiger partial charge in [-0.3, -0.25) is 0 Å². The first-order chi connectivity index (χ1) is 12.3. The van der Waals surface area contributed by atoms with Crippen LogP contribution in [0.5, 0.6) is 0 Å². The summed E-state index contributed by atoms with van der Waals surface area (Å²) in [5.41, 5.74) is 0.776. The van der Waals surface area contributed by atoms with E-state index in [1.807, 2.05) is 34.2 Å². The second-order valence-electron chi connectivity index (χ2n) is 6.60. The molecule has 1 fully saturated rings. The van der Waals surface area contributed by atoms with Crippen LogP contribution in [0.2, 0.25) is 0 Å². The quantitative estimate of drug-likeness (QED) is 0.732. The molecule has 3 aromatic heterocycles. The Hall–Kier alpha value is -1.99. The van der Waals surface area contributed by atoms with Gasteiger partial charge >= 0.3 is 0 Å². The maximum atomic E-state index is 4.74. The van der Waals surface area contributed by atoms with Crippen molar-refractivity contribution in [1.29, 1.82) is 0 Å². The normalized spacial score (nSPS) is 17.0. The highest BCUT2D eigenvalue weighted by molar-refractivity contribution is 7.13. The largest absolute Gasteiger partial charge is 0.365 e. The molecule has 4 heterocycles. The Morgan fingerprint density at radius 2 is 2.04 bits per heavy atom. The lowest BCUT2D eigenvalue weighted by Gasteiger charge is -2.30. The molecule has 1 aliphatic rings. The first kappa shape index (κ1) is 16.5. The van der Waals surface area contributed by atoms with Crippen LogP contribution in [0.1, 0.15) is 32.6 Å². The molecule has 0 aromatic carbocycles. The number of thiophene rings is 1. The number of nitrogens with zero attached hydrogens (tertiary/aromatic N) is 5. The standard InChI is InChI=1S/C18H24N6S/c1-2-14(13-23-10-4-3-5-11-23)19-16-8-9-17-20-21-18(24(17)22-16)15-7-6-12-25-15/h6-9,12,14H,2-5,10-11,13H2,1H3,(H,19,22). The maximum absolute atomic E-state index is 4.74. The van der Waals surface area contributed by atoms with Crippen LogP contribution in [0.4, 0.5) is 5.82 Å². The average molecular weight is 356 g/mol. The highest BCUT2D eigenvalue weighted by Gasteiger charge is 2.16. The summed E-state index contributed by atoms with van der Waals surface area (Å²) in [6, 6.07) is 8.46. The number of hydrogen-bond donors (Lipinski definition) is 1. The Morgan fingerprint density at radius 1 is 1.16 bits per heavy atom. The summed E-state index contributed by atoms with van der Waals surface area (Å²) in [7, 11) is 0. The Morgan fingerprint density at radius 3 is 2.80 bits per heavy atom. The molecule has 0 bridgehead atoms. The fourth-order valence-electron chi connectivity index (χ4n) is 3.36. The third kappa shape index (κ3) is 3.67. The number of likely N-dealkylation sites (tertiary alicyclic amines) is 1. The van der Waals surface area contributed by atoms with Gasteiger partial charge in [0.15, 0.2) is 11.5 Å². The van der Waals surface area contributed by atoms with Gasteiger partial charge in [0.1, 0.15) is 5.82 Å². The molecule has 3 aromatic rings. The van der Waals surface area contributed by atoms with Gasteiger partial charge in [-0.2, -0.15) is 4.52 Å². The summed E-state index contributed by atoms with van der Waals surface area (Å²) in [6.07, 6.45) is 5.10. The van der Waals surface area contributed by atoms with Crippen molar-refractivity contribution in [2.75, 3.05) is 25.0 Å². The van der Waals surface area contributed by atoms with Gasteiger partial charge in [0.05, 0.1) is 4.88 Å². The van der Waals surface area contributed by atoms with Crippen molar-refractivity contribution in [3.05, 3.63) is 29.6 Å². The zero-order chi connectivity index (χ0) is 17.1. The smallest absolute Gasteiger partial charge is 0.195 e. The van der Waals surface area contributed by atoms with Crippen molar-refractivity contribution >= 4 is 22.8 Å². The molecule has 1 aliphatic heterocycles. The average Bonchev–Trinajstić information content (AvgIpc) is 3.31.